The molecule has 1 fully saturated rings. The fourth-order valence-electron chi connectivity index (χ4n) is 1.58. The molecule has 1 aliphatic heterocycles. The van der Waals surface area contributed by atoms with Crippen LogP contribution in [0.2, 0.25) is 0 Å². The Labute approximate surface area is 80.7 Å². The first-order valence-electron chi connectivity index (χ1n) is 5.24. The van der Waals surface area contributed by atoms with Gasteiger partial charge in [-0.3, -0.25) is 0 Å². The van der Waals surface area contributed by atoms with Gasteiger partial charge < -0.3 is 5.32 Å². The first kappa shape index (κ1) is 10.4. The number of hydrogen-bond donors (Lipinski definition) is 1. The number of hydrogen-bond acceptors (Lipinski definition) is 2. The molecule has 0 saturated carbocycles. The quantitative estimate of drug-likeness (QED) is 0.664. The minimum absolute atomic E-state index is 0.836. The molecule has 0 amide bonds. The minimum Gasteiger partial charge on any atom is -0.314 e. The molecule has 0 atom stereocenters. The molecule has 1 rings (SSSR count). The minimum atomic E-state index is 0.836. The standard InChI is InChI=1S/C10H21NS/c1-2-3-4-7-11-10-5-8-12-9-6-10/h10-11H,2-9H2,1H3. The van der Waals surface area contributed by atoms with E-state index < -0.39 is 0 Å². The second-order valence-corrected chi connectivity index (χ2v) is 4.77. The summed E-state index contributed by atoms with van der Waals surface area (Å²) in [6, 6.07) is 0.836. The van der Waals surface area contributed by atoms with Gasteiger partial charge in [0.05, 0.1) is 0 Å². The van der Waals surface area contributed by atoms with Crippen molar-refractivity contribution in [3.8, 4) is 0 Å². The van der Waals surface area contributed by atoms with Gasteiger partial charge in [-0.05, 0) is 37.3 Å². The van der Waals surface area contributed by atoms with Crippen molar-refractivity contribution in [1.82, 2.24) is 5.32 Å². The van der Waals surface area contributed by atoms with Gasteiger partial charge >= 0.3 is 0 Å². The van der Waals surface area contributed by atoms with Crippen molar-refractivity contribution in [3.05, 3.63) is 0 Å². The van der Waals surface area contributed by atoms with Gasteiger partial charge in [0.2, 0.25) is 0 Å². The number of nitrogens with one attached hydrogen (secondary N) is 1. The molecule has 72 valence electrons. The molecule has 0 bridgehead atoms. The lowest BCUT2D eigenvalue weighted by atomic mass is 10.1. The smallest absolute Gasteiger partial charge is 0.00827 e. The molecule has 0 unspecified atom stereocenters. The van der Waals surface area contributed by atoms with E-state index in [4.69, 9.17) is 0 Å². The van der Waals surface area contributed by atoms with Gasteiger partial charge in [0, 0.05) is 6.04 Å². The Hall–Kier alpha value is 0.310. The highest BCUT2D eigenvalue weighted by Crippen LogP contribution is 2.16. The van der Waals surface area contributed by atoms with E-state index in [2.05, 4.69) is 24.0 Å². The molecule has 1 N–H and O–H groups in total. The Balaban J connectivity index is 1.91. The molecular formula is C10H21NS. The van der Waals surface area contributed by atoms with Crippen LogP contribution >= 0.6 is 11.8 Å². The summed E-state index contributed by atoms with van der Waals surface area (Å²) in [5.41, 5.74) is 0. The summed E-state index contributed by atoms with van der Waals surface area (Å²) < 4.78 is 0. The summed E-state index contributed by atoms with van der Waals surface area (Å²) in [7, 11) is 0. The summed E-state index contributed by atoms with van der Waals surface area (Å²) in [4.78, 5) is 0. The predicted octanol–water partition coefficient (Wildman–Crippen LogP) is 2.66. The Bertz CT molecular complexity index is 100. The molecule has 0 aliphatic carbocycles. The second-order valence-electron chi connectivity index (χ2n) is 3.55. The van der Waals surface area contributed by atoms with Gasteiger partial charge in [0.15, 0.2) is 0 Å². The molecule has 1 heterocycles. The normalized spacial score (nSPS) is 19.8. The summed E-state index contributed by atoms with van der Waals surface area (Å²) in [5.74, 6) is 2.73. The molecule has 0 aromatic rings. The summed E-state index contributed by atoms with van der Waals surface area (Å²) in [6.07, 6.45) is 6.85. The van der Waals surface area contributed by atoms with Crippen LogP contribution in [0.25, 0.3) is 0 Å². The average molecular weight is 187 g/mol. The van der Waals surface area contributed by atoms with Crippen molar-refractivity contribution >= 4 is 11.8 Å². The van der Waals surface area contributed by atoms with E-state index in [1.807, 2.05) is 0 Å². The molecule has 0 aromatic heterocycles. The van der Waals surface area contributed by atoms with Crippen molar-refractivity contribution in [3.63, 3.8) is 0 Å². The van der Waals surface area contributed by atoms with Crippen LogP contribution in [0.1, 0.15) is 39.0 Å². The van der Waals surface area contributed by atoms with Crippen LogP contribution in [0.15, 0.2) is 0 Å². The van der Waals surface area contributed by atoms with Gasteiger partial charge in [-0.25, -0.2) is 0 Å². The van der Waals surface area contributed by atoms with E-state index in [9.17, 15) is 0 Å². The van der Waals surface area contributed by atoms with Crippen molar-refractivity contribution in [2.75, 3.05) is 18.1 Å². The van der Waals surface area contributed by atoms with E-state index in [1.54, 1.807) is 0 Å². The zero-order valence-corrected chi connectivity index (χ0v) is 8.96. The van der Waals surface area contributed by atoms with E-state index >= 15 is 0 Å². The predicted molar refractivity (Wildman–Crippen MR) is 57.9 cm³/mol. The van der Waals surface area contributed by atoms with Gasteiger partial charge in [-0.15, -0.1) is 0 Å². The fraction of sp³-hybridized carbons (Fsp3) is 1.00. The molecule has 1 saturated heterocycles. The highest BCUT2D eigenvalue weighted by molar-refractivity contribution is 7.99. The third-order valence-corrected chi connectivity index (χ3v) is 3.48. The zero-order valence-electron chi connectivity index (χ0n) is 8.14. The Morgan fingerprint density at radius 2 is 2.00 bits per heavy atom. The van der Waals surface area contributed by atoms with Crippen molar-refractivity contribution in [2.45, 2.75) is 45.1 Å². The van der Waals surface area contributed by atoms with E-state index in [1.165, 1.54) is 50.2 Å². The van der Waals surface area contributed by atoms with Gasteiger partial charge in [-0.1, -0.05) is 19.8 Å². The lowest BCUT2D eigenvalue weighted by Crippen LogP contribution is -2.33. The maximum absolute atomic E-state index is 3.64. The van der Waals surface area contributed by atoms with Crippen LogP contribution in [0.4, 0.5) is 0 Å². The Morgan fingerprint density at radius 1 is 1.25 bits per heavy atom. The van der Waals surface area contributed by atoms with Gasteiger partial charge in [-0.2, -0.15) is 11.8 Å². The molecule has 0 aromatic carbocycles. The van der Waals surface area contributed by atoms with Crippen LogP contribution in [-0.2, 0) is 0 Å². The second kappa shape index (κ2) is 6.79. The summed E-state index contributed by atoms with van der Waals surface area (Å²) in [6.45, 7) is 3.50. The largest absolute Gasteiger partial charge is 0.314 e. The first-order chi connectivity index (χ1) is 5.93. The van der Waals surface area contributed by atoms with Crippen molar-refractivity contribution in [2.24, 2.45) is 0 Å². The SMILES string of the molecule is CCCCCNC1CCSCC1. The maximum atomic E-state index is 3.64. The first-order valence-corrected chi connectivity index (χ1v) is 6.40. The Morgan fingerprint density at radius 3 is 2.67 bits per heavy atom. The van der Waals surface area contributed by atoms with Crippen LogP contribution in [0, 0.1) is 0 Å². The van der Waals surface area contributed by atoms with E-state index in [0.29, 0.717) is 0 Å². The zero-order chi connectivity index (χ0) is 8.65. The van der Waals surface area contributed by atoms with Crippen LogP contribution in [-0.4, -0.2) is 24.1 Å². The number of thioether (sulfide) groups is 1. The Kier molecular flexibility index (Phi) is 5.88. The van der Waals surface area contributed by atoms with Crippen molar-refractivity contribution in [1.29, 1.82) is 0 Å². The third kappa shape index (κ3) is 4.36. The topological polar surface area (TPSA) is 12.0 Å². The van der Waals surface area contributed by atoms with Crippen LogP contribution in [0.5, 0.6) is 0 Å². The number of rotatable bonds is 5. The summed E-state index contributed by atoms with van der Waals surface area (Å²) in [5, 5.41) is 3.64. The third-order valence-electron chi connectivity index (χ3n) is 2.43. The molecular weight excluding hydrogens is 166 g/mol. The molecule has 1 nitrogen and oxygen atoms in total. The van der Waals surface area contributed by atoms with E-state index in [-0.39, 0.29) is 0 Å². The average Bonchev–Trinajstić information content (AvgIpc) is 2.14. The molecule has 12 heavy (non-hydrogen) atoms. The molecule has 2 heteroatoms. The van der Waals surface area contributed by atoms with Crippen molar-refractivity contribution < 1.29 is 0 Å². The van der Waals surface area contributed by atoms with E-state index in [0.717, 1.165) is 6.04 Å². The molecule has 0 spiro atoms. The van der Waals surface area contributed by atoms with Gasteiger partial charge in [0.1, 0.15) is 0 Å². The van der Waals surface area contributed by atoms with Crippen LogP contribution < -0.4 is 5.32 Å². The monoisotopic (exact) mass is 187 g/mol. The van der Waals surface area contributed by atoms with Crippen LogP contribution in [0.3, 0.4) is 0 Å². The summed E-state index contributed by atoms with van der Waals surface area (Å²) >= 11 is 2.10. The molecule has 1 aliphatic rings. The van der Waals surface area contributed by atoms with Gasteiger partial charge in [0.25, 0.3) is 0 Å². The highest BCUT2D eigenvalue weighted by Gasteiger charge is 2.11. The number of unbranched alkanes of at least 4 members (excludes halogenated alkanes) is 2. The lowest BCUT2D eigenvalue weighted by molar-refractivity contribution is 0.471. The fourth-order valence-corrected chi connectivity index (χ4v) is 2.69. The lowest BCUT2D eigenvalue weighted by Gasteiger charge is -2.22. The highest BCUT2D eigenvalue weighted by atomic mass is 32.2. The maximum Gasteiger partial charge on any atom is 0.00827 e. The molecule has 0 radical (unpaired) electrons.